The van der Waals surface area contributed by atoms with Crippen LogP contribution in [0.15, 0.2) is 53.8 Å². The molecule has 2 aromatic rings. The number of ether oxygens (including phenoxy) is 1. The molecule has 0 saturated carbocycles. The molecule has 0 aliphatic rings. The first-order valence-electron chi connectivity index (χ1n) is 5.72. The van der Waals surface area contributed by atoms with Crippen molar-refractivity contribution in [1.82, 2.24) is 0 Å². The van der Waals surface area contributed by atoms with Gasteiger partial charge < -0.3 is 4.74 Å². The minimum atomic E-state index is 0.396. The van der Waals surface area contributed by atoms with Gasteiger partial charge in [-0.15, -0.1) is 4.91 Å². The van der Waals surface area contributed by atoms with Gasteiger partial charge in [0.2, 0.25) is 0 Å². The Morgan fingerprint density at radius 2 is 1.74 bits per heavy atom. The van der Waals surface area contributed by atoms with E-state index in [4.69, 9.17) is 16.3 Å². The normalized spacial score (nSPS) is 10.0. The monoisotopic (exact) mass is 276 g/mol. The Bertz CT molecular complexity index is 540. The first kappa shape index (κ1) is 13.4. The van der Waals surface area contributed by atoms with Crippen molar-refractivity contribution in [2.45, 2.75) is 6.54 Å². The van der Waals surface area contributed by atoms with E-state index < -0.39 is 0 Å². The number of hydrogen-bond donors (Lipinski definition) is 0. The molecule has 2 rings (SSSR count). The molecule has 98 valence electrons. The number of nitrogens with zero attached hydrogens (tertiary/aromatic N) is 2. The van der Waals surface area contributed by atoms with E-state index >= 15 is 0 Å². The minimum absolute atomic E-state index is 0.396. The summed E-state index contributed by atoms with van der Waals surface area (Å²) in [6.45, 7) is 0.396. The third kappa shape index (κ3) is 3.45. The van der Waals surface area contributed by atoms with Crippen LogP contribution in [0.4, 0.5) is 5.69 Å². The van der Waals surface area contributed by atoms with E-state index in [9.17, 15) is 4.91 Å². The van der Waals surface area contributed by atoms with Gasteiger partial charge in [0, 0.05) is 5.02 Å². The average Bonchev–Trinajstić information content (AvgIpc) is 2.47. The van der Waals surface area contributed by atoms with Gasteiger partial charge in [0.1, 0.15) is 5.75 Å². The molecule has 0 aliphatic heterocycles. The summed E-state index contributed by atoms with van der Waals surface area (Å²) in [4.78, 5) is 10.9. The van der Waals surface area contributed by atoms with Crippen molar-refractivity contribution in [1.29, 1.82) is 0 Å². The maximum Gasteiger partial charge on any atom is 0.119 e. The molecule has 0 amide bonds. The number of anilines is 1. The van der Waals surface area contributed by atoms with E-state index in [1.807, 2.05) is 12.1 Å². The Morgan fingerprint density at radius 1 is 1.11 bits per heavy atom. The predicted molar refractivity (Wildman–Crippen MR) is 76.4 cm³/mol. The van der Waals surface area contributed by atoms with Crippen LogP contribution in [0, 0.1) is 4.91 Å². The zero-order valence-electron chi connectivity index (χ0n) is 10.4. The summed E-state index contributed by atoms with van der Waals surface area (Å²) in [5.41, 5.74) is 1.67. The fourth-order valence-corrected chi connectivity index (χ4v) is 1.81. The third-order valence-corrected chi connectivity index (χ3v) is 2.97. The van der Waals surface area contributed by atoms with Crippen molar-refractivity contribution >= 4 is 17.3 Å². The Morgan fingerprint density at radius 3 is 2.26 bits per heavy atom. The highest BCUT2D eigenvalue weighted by Gasteiger charge is 2.07. The lowest BCUT2D eigenvalue weighted by Crippen LogP contribution is -2.14. The SMILES string of the molecule is COc1ccc(N(Cc2ccc(Cl)cc2)N=O)cc1. The lowest BCUT2D eigenvalue weighted by Gasteiger charge is -2.15. The van der Waals surface area contributed by atoms with Crippen LogP contribution in [0.25, 0.3) is 0 Å². The summed E-state index contributed by atoms with van der Waals surface area (Å²) in [6, 6.07) is 14.5. The Balaban J connectivity index is 2.14. The molecule has 0 spiro atoms. The van der Waals surface area contributed by atoms with E-state index in [-0.39, 0.29) is 0 Å². The summed E-state index contributed by atoms with van der Waals surface area (Å²) < 4.78 is 5.07. The molecule has 0 N–H and O–H groups in total. The molecule has 0 aromatic heterocycles. The largest absolute Gasteiger partial charge is 0.497 e. The highest BCUT2D eigenvalue weighted by atomic mass is 35.5. The van der Waals surface area contributed by atoms with Gasteiger partial charge >= 0.3 is 0 Å². The summed E-state index contributed by atoms with van der Waals surface area (Å²) >= 11 is 5.82. The first-order chi connectivity index (χ1) is 9.22. The second kappa shape index (κ2) is 6.20. The molecular weight excluding hydrogens is 264 g/mol. The van der Waals surface area contributed by atoms with Crippen LogP contribution in [0.2, 0.25) is 5.02 Å². The van der Waals surface area contributed by atoms with Gasteiger partial charge in [0.25, 0.3) is 0 Å². The van der Waals surface area contributed by atoms with Crippen LogP contribution >= 0.6 is 11.6 Å². The summed E-state index contributed by atoms with van der Waals surface area (Å²) in [6.07, 6.45) is 0. The first-order valence-corrected chi connectivity index (χ1v) is 6.10. The Kier molecular flexibility index (Phi) is 4.36. The number of nitroso groups, excluding NO2 is 1. The highest BCUT2D eigenvalue weighted by molar-refractivity contribution is 6.30. The molecule has 5 heteroatoms. The van der Waals surface area contributed by atoms with Gasteiger partial charge in [-0.25, -0.2) is 5.01 Å². The quantitative estimate of drug-likeness (QED) is 0.611. The standard InChI is InChI=1S/C14H13ClN2O2/c1-19-14-8-6-13(7-9-14)17(16-18)10-11-2-4-12(15)5-3-11/h2-9H,10H2,1H3. The Labute approximate surface area is 116 Å². The molecule has 0 atom stereocenters. The molecule has 4 nitrogen and oxygen atoms in total. The molecule has 19 heavy (non-hydrogen) atoms. The highest BCUT2D eigenvalue weighted by Crippen LogP contribution is 2.21. The van der Waals surface area contributed by atoms with E-state index in [0.29, 0.717) is 17.3 Å². The summed E-state index contributed by atoms with van der Waals surface area (Å²) in [5.74, 6) is 0.737. The minimum Gasteiger partial charge on any atom is -0.497 e. The van der Waals surface area contributed by atoms with Gasteiger partial charge in [0.15, 0.2) is 0 Å². The fraction of sp³-hybridized carbons (Fsp3) is 0.143. The van der Waals surface area contributed by atoms with Crippen LogP contribution in [0.5, 0.6) is 5.75 Å². The number of benzene rings is 2. The molecule has 2 aromatic carbocycles. The van der Waals surface area contributed by atoms with E-state index in [0.717, 1.165) is 11.3 Å². The maximum absolute atomic E-state index is 10.9. The van der Waals surface area contributed by atoms with Crippen molar-refractivity contribution in [3.8, 4) is 5.75 Å². The second-order valence-corrected chi connectivity index (χ2v) is 4.40. The molecule has 0 bridgehead atoms. The van der Waals surface area contributed by atoms with Crippen molar-refractivity contribution in [2.24, 2.45) is 5.29 Å². The molecule has 0 heterocycles. The van der Waals surface area contributed by atoms with Crippen molar-refractivity contribution in [3.05, 3.63) is 64.0 Å². The van der Waals surface area contributed by atoms with Gasteiger partial charge in [-0.05, 0) is 42.0 Å². The zero-order chi connectivity index (χ0) is 13.7. The van der Waals surface area contributed by atoms with Crippen LogP contribution in [-0.4, -0.2) is 7.11 Å². The van der Waals surface area contributed by atoms with Gasteiger partial charge in [-0.2, -0.15) is 0 Å². The maximum atomic E-state index is 10.9. The lowest BCUT2D eigenvalue weighted by molar-refractivity contribution is 0.415. The number of rotatable bonds is 5. The molecular formula is C14H13ClN2O2. The topological polar surface area (TPSA) is 41.9 Å². The van der Waals surface area contributed by atoms with Gasteiger partial charge in [0.05, 0.1) is 24.6 Å². The van der Waals surface area contributed by atoms with Crippen LogP contribution in [-0.2, 0) is 6.54 Å². The molecule has 0 saturated heterocycles. The van der Waals surface area contributed by atoms with E-state index in [2.05, 4.69) is 5.29 Å². The third-order valence-electron chi connectivity index (χ3n) is 2.71. The van der Waals surface area contributed by atoms with Crippen LogP contribution in [0.3, 0.4) is 0 Å². The molecule has 0 radical (unpaired) electrons. The van der Waals surface area contributed by atoms with E-state index in [1.165, 1.54) is 5.01 Å². The molecule has 0 aliphatic carbocycles. The zero-order valence-corrected chi connectivity index (χ0v) is 11.2. The van der Waals surface area contributed by atoms with Crippen molar-refractivity contribution in [3.63, 3.8) is 0 Å². The van der Waals surface area contributed by atoms with Gasteiger partial charge in [-0.3, -0.25) is 0 Å². The smallest absolute Gasteiger partial charge is 0.119 e. The fourth-order valence-electron chi connectivity index (χ4n) is 1.68. The van der Waals surface area contributed by atoms with E-state index in [1.54, 1.807) is 43.5 Å². The summed E-state index contributed by atoms with van der Waals surface area (Å²) in [7, 11) is 1.60. The van der Waals surface area contributed by atoms with Crippen LogP contribution < -0.4 is 9.75 Å². The number of methoxy groups -OCH3 is 1. The molecule has 0 unspecified atom stereocenters. The number of halogens is 1. The predicted octanol–water partition coefficient (Wildman–Crippen LogP) is 4.04. The van der Waals surface area contributed by atoms with Crippen molar-refractivity contribution in [2.75, 3.05) is 12.1 Å². The number of hydrogen-bond acceptors (Lipinski definition) is 3. The van der Waals surface area contributed by atoms with Crippen molar-refractivity contribution < 1.29 is 4.74 Å². The lowest BCUT2D eigenvalue weighted by atomic mass is 10.2. The van der Waals surface area contributed by atoms with Crippen LogP contribution in [0.1, 0.15) is 5.56 Å². The second-order valence-electron chi connectivity index (χ2n) is 3.96. The summed E-state index contributed by atoms with van der Waals surface area (Å²) in [5, 5.41) is 5.08. The Hall–Kier alpha value is -2.07. The van der Waals surface area contributed by atoms with Gasteiger partial charge in [-0.1, -0.05) is 23.7 Å². The molecule has 0 fully saturated rings. The average molecular weight is 277 g/mol.